The zero-order valence-electron chi connectivity index (χ0n) is 10.6. The molecule has 1 atom stereocenters. The number of rotatable bonds is 7. The molecule has 90 valence electrons. The molecule has 1 heterocycles. The van der Waals surface area contributed by atoms with E-state index in [0.717, 1.165) is 6.54 Å². The lowest BCUT2D eigenvalue weighted by atomic mass is 10.1. The predicted octanol–water partition coefficient (Wildman–Crippen LogP) is 2.07. The lowest BCUT2D eigenvalue weighted by Crippen LogP contribution is -2.21. The van der Waals surface area contributed by atoms with Crippen molar-refractivity contribution in [2.75, 3.05) is 27.2 Å². The Morgan fingerprint density at radius 1 is 1.38 bits per heavy atom. The highest BCUT2D eigenvalue weighted by Gasteiger charge is 2.03. The Kier molecular flexibility index (Phi) is 6.04. The Bertz CT molecular complexity index is 272. The van der Waals surface area contributed by atoms with Gasteiger partial charge in [-0.1, -0.05) is 6.07 Å². The fourth-order valence-corrected chi connectivity index (χ4v) is 1.62. The van der Waals surface area contributed by atoms with Crippen LogP contribution in [0.5, 0.6) is 0 Å². The van der Waals surface area contributed by atoms with Crippen molar-refractivity contribution in [2.24, 2.45) is 0 Å². The van der Waals surface area contributed by atoms with Gasteiger partial charge >= 0.3 is 0 Å². The fourth-order valence-electron chi connectivity index (χ4n) is 1.62. The highest BCUT2D eigenvalue weighted by atomic mass is 15.0. The number of nitrogens with zero attached hydrogens (tertiary/aromatic N) is 2. The highest BCUT2D eigenvalue weighted by Crippen LogP contribution is 2.09. The number of aromatic nitrogens is 1. The molecule has 1 aromatic heterocycles. The molecule has 0 aromatic carbocycles. The molecule has 1 aromatic rings. The van der Waals surface area contributed by atoms with E-state index < -0.39 is 0 Å². The van der Waals surface area contributed by atoms with Crippen molar-refractivity contribution in [2.45, 2.75) is 25.8 Å². The van der Waals surface area contributed by atoms with Crippen molar-refractivity contribution in [3.8, 4) is 0 Å². The molecule has 0 saturated heterocycles. The lowest BCUT2D eigenvalue weighted by molar-refractivity contribution is 0.389. The first-order valence-electron chi connectivity index (χ1n) is 5.98. The van der Waals surface area contributed by atoms with E-state index in [1.54, 1.807) is 0 Å². The van der Waals surface area contributed by atoms with Crippen LogP contribution in [-0.2, 0) is 0 Å². The summed E-state index contributed by atoms with van der Waals surface area (Å²) in [5, 5.41) is 3.51. The van der Waals surface area contributed by atoms with Gasteiger partial charge in [-0.3, -0.25) is 4.98 Å². The summed E-state index contributed by atoms with van der Waals surface area (Å²) in [4.78, 5) is 6.35. The van der Waals surface area contributed by atoms with E-state index in [4.69, 9.17) is 0 Å². The zero-order chi connectivity index (χ0) is 11.8. The van der Waals surface area contributed by atoms with Gasteiger partial charge in [0.2, 0.25) is 0 Å². The molecule has 0 fully saturated rings. The van der Waals surface area contributed by atoms with Crippen LogP contribution in [0.4, 0.5) is 0 Å². The van der Waals surface area contributed by atoms with E-state index in [9.17, 15) is 0 Å². The van der Waals surface area contributed by atoms with E-state index >= 15 is 0 Å². The van der Waals surface area contributed by atoms with Gasteiger partial charge in [-0.05, 0) is 58.6 Å². The minimum Gasteiger partial charge on any atom is -0.310 e. The minimum atomic E-state index is 0.396. The molecule has 0 spiro atoms. The molecule has 1 unspecified atom stereocenters. The van der Waals surface area contributed by atoms with Gasteiger partial charge in [0, 0.05) is 18.4 Å². The summed E-state index contributed by atoms with van der Waals surface area (Å²) in [7, 11) is 4.23. The fraction of sp³-hybridized carbons (Fsp3) is 0.615. The topological polar surface area (TPSA) is 28.2 Å². The third-order valence-corrected chi connectivity index (χ3v) is 2.67. The molecule has 3 nitrogen and oxygen atoms in total. The first-order valence-corrected chi connectivity index (χ1v) is 5.98. The molecule has 0 radical (unpaired) electrons. The third kappa shape index (κ3) is 5.24. The SMILES string of the molecule is CC(NCCCCN(C)C)c1cccnc1. The van der Waals surface area contributed by atoms with Crippen LogP contribution in [0, 0.1) is 0 Å². The summed E-state index contributed by atoms with van der Waals surface area (Å²) in [5.74, 6) is 0. The van der Waals surface area contributed by atoms with E-state index in [1.807, 2.05) is 18.5 Å². The molecule has 0 saturated carbocycles. The summed E-state index contributed by atoms with van der Waals surface area (Å²) in [6, 6.07) is 4.50. The van der Waals surface area contributed by atoms with Crippen LogP contribution < -0.4 is 5.32 Å². The van der Waals surface area contributed by atoms with E-state index in [-0.39, 0.29) is 0 Å². The Labute approximate surface area is 98.9 Å². The van der Waals surface area contributed by atoms with Crippen molar-refractivity contribution >= 4 is 0 Å². The van der Waals surface area contributed by atoms with E-state index in [0.29, 0.717) is 6.04 Å². The molecular formula is C13H23N3. The Balaban J connectivity index is 2.14. The van der Waals surface area contributed by atoms with Crippen LogP contribution in [-0.4, -0.2) is 37.1 Å². The Morgan fingerprint density at radius 2 is 2.19 bits per heavy atom. The lowest BCUT2D eigenvalue weighted by Gasteiger charge is -2.14. The first kappa shape index (κ1) is 13.1. The van der Waals surface area contributed by atoms with Crippen molar-refractivity contribution < 1.29 is 0 Å². The van der Waals surface area contributed by atoms with Crippen LogP contribution in [0.2, 0.25) is 0 Å². The quantitative estimate of drug-likeness (QED) is 0.714. The molecule has 0 aliphatic carbocycles. The third-order valence-electron chi connectivity index (χ3n) is 2.67. The van der Waals surface area contributed by atoms with Gasteiger partial charge in [0.05, 0.1) is 0 Å². The number of unbranched alkanes of at least 4 members (excludes halogenated alkanes) is 1. The molecule has 0 amide bonds. The smallest absolute Gasteiger partial charge is 0.0315 e. The maximum atomic E-state index is 4.13. The van der Waals surface area contributed by atoms with Crippen molar-refractivity contribution in [3.63, 3.8) is 0 Å². The van der Waals surface area contributed by atoms with E-state index in [2.05, 4.69) is 42.3 Å². The van der Waals surface area contributed by atoms with Crippen LogP contribution in [0.15, 0.2) is 24.5 Å². The van der Waals surface area contributed by atoms with Crippen LogP contribution in [0.1, 0.15) is 31.4 Å². The Hall–Kier alpha value is -0.930. The minimum absolute atomic E-state index is 0.396. The maximum Gasteiger partial charge on any atom is 0.0315 e. The molecule has 1 N–H and O–H groups in total. The summed E-state index contributed by atoms with van der Waals surface area (Å²) >= 11 is 0. The predicted molar refractivity (Wildman–Crippen MR) is 68.4 cm³/mol. The standard InChI is InChI=1S/C13H23N3/c1-12(13-7-6-8-14-11-13)15-9-4-5-10-16(2)3/h6-8,11-12,15H,4-5,9-10H2,1-3H3. The van der Waals surface area contributed by atoms with Crippen molar-refractivity contribution in [1.29, 1.82) is 0 Å². The highest BCUT2D eigenvalue weighted by molar-refractivity contribution is 5.12. The van der Waals surface area contributed by atoms with Gasteiger partial charge in [-0.2, -0.15) is 0 Å². The second kappa shape index (κ2) is 7.36. The average molecular weight is 221 g/mol. The second-order valence-electron chi connectivity index (χ2n) is 4.47. The summed E-state index contributed by atoms with van der Waals surface area (Å²) in [6.07, 6.45) is 6.22. The van der Waals surface area contributed by atoms with Gasteiger partial charge in [-0.15, -0.1) is 0 Å². The van der Waals surface area contributed by atoms with Gasteiger partial charge in [0.25, 0.3) is 0 Å². The summed E-state index contributed by atoms with van der Waals surface area (Å²) in [6.45, 7) is 4.43. The zero-order valence-corrected chi connectivity index (χ0v) is 10.6. The molecule has 1 rings (SSSR count). The van der Waals surface area contributed by atoms with Gasteiger partial charge in [0.1, 0.15) is 0 Å². The molecular weight excluding hydrogens is 198 g/mol. The number of nitrogens with one attached hydrogen (secondary N) is 1. The molecule has 0 bridgehead atoms. The summed E-state index contributed by atoms with van der Waals surface area (Å²) in [5.41, 5.74) is 1.26. The van der Waals surface area contributed by atoms with Gasteiger partial charge in [-0.25, -0.2) is 0 Å². The van der Waals surface area contributed by atoms with Gasteiger partial charge in [0.15, 0.2) is 0 Å². The van der Waals surface area contributed by atoms with Crippen LogP contribution >= 0.6 is 0 Å². The van der Waals surface area contributed by atoms with Crippen LogP contribution in [0.25, 0.3) is 0 Å². The normalized spacial score (nSPS) is 13.0. The summed E-state index contributed by atoms with van der Waals surface area (Å²) < 4.78 is 0. The maximum absolute atomic E-state index is 4.13. The van der Waals surface area contributed by atoms with Crippen molar-refractivity contribution in [3.05, 3.63) is 30.1 Å². The average Bonchev–Trinajstić information content (AvgIpc) is 2.29. The monoisotopic (exact) mass is 221 g/mol. The van der Waals surface area contributed by atoms with Crippen molar-refractivity contribution in [1.82, 2.24) is 15.2 Å². The molecule has 3 heteroatoms. The van der Waals surface area contributed by atoms with E-state index in [1.165, 1.54) is 24.9 Å². The van der Waals surface area contributed by atoms with Crippen LogP contribution in [0.3, 0.4) is 0 Å². The molecule has 16 heavy (non-hydrogen) atoms. The first-order chi connectivity index (χ1) is 7.70. The second-order valence-corrected chi connectivity index (χ2v) is 4.47. The number of hydrogen-bond acceptors (Lipinski definition) is 3. The molecule has 0 aliphatic rings. The van der Waals surface area contributed by atoms with Gasteiger partial charge < -0.3 is 10.2 Å². The largest absolute Gasteiger partial charge is 0.310 e. The Morgan fingerprint density at radius 3 is 2.81 bits per heavy atom. The number of pyridine rings is 1. The molecule has 0 aliphatic heterocycles. The number of hydrogen-bond donors (Lipinski definition) is 1.